The van der Waals surface area contributed by atoms with Gasteiger partial charge < -0.3 is 15.2 Å². The highest BCUT2D eigenvalue weighted by Crippen LogP contribution is 2.31. The van der Waals surface area contributed by atoms with E-state index in [1.165, 1.54) is 11.3 Å². The van der Waals surface area contributed by atoms with Gasteiger partial charge >= 0.3 is 5.97 Å². The number of anilines is 1. The maximum Gasteiger partial charge on any atom is 0.348 e. The molecule has 1 aliphatic carbocycles. The van der Waals surface area contributed by atoms with Crippen LogP contribution in [0, 0.1) is 17.3 Å². The van der Waals surface area contributed by atoms with Gasteiger partial charge in [-0.3, -0.25) is 4.84 Å². The molecule has 0 bridgehead atoms. The average Bonchev–Trinajstić information content (AvgIpc) is 3.11. The van der Waals surface area contributed by atoms with E-state index in [2.05, 4.69) is 17.2 Å². The Bertz CT molecular complexity index is 944. The first-order valence-corrected chi connectivity index (χ1v) is 10.9. The number of thiophene rings is 1. The Kier molecular flexibility index (Phi) is 6.88. The van der Waals surface area contributed by atoms with Crippen LogP contribution in [-0.4, -0.2) is 30.3 Å². The van der Waals surface area contributed by atoms with E-state index in [-0.39, 0.29) is 17.6 Å². The van der Waals surface area contributed by atoms with Gasteiger partial charge in [-0.05, 0) is 58.6 Å². The quantitative estimate of drug-likeness (QED) is 0.537. The lowest BCUT2D eigenvalue weighted by atomic mass is 9.92. The zero-order valence-corrected chi connectivity index (χ0v) is 18.7. The topological polar surface area (TPSA) is 71.7 Å². The Morgan fingerprint density at radius 1 is 1.30 bits per heavy atom. The molecule has 30 heavy (non-hydrogen) atoms. The van der Waals surface area contributed by atoms with E-state index in [9.17, 15) is 9.90 Å². The molecule has 7 heteroatoms. The lowest BCUT2D eigenvalue weighted by Gasteiger charge is -2.29. The summed E-state index contributed by atoms with van der Waals surface area (Å²) in [7, 11) is 1.61. The highest BCUT2D eigenvalue weighted by Gasteiger charge is 2.25. The van der Waals surface area contributed by atoms with Crippen LogP contribution in [0.2, 0.25) is 0 Å². The van der Waals surface area contributed by atoms with Crippen LogP contribution in [0.1, 0.15) is 61.0 Å². The number of hydrogen-bond acceptors (Lipinski definition) is 5. The van der Waals surface area contributed by atoms with Gasteiger partial charge in [0.1, 0.15) is 12.0 Å². The maximum absolute atomic E-state index is 11.7. The average molecular weight is 430 g/mol. The molecule has 0 radical (unpaired) electrons. The van der Waals surface area contributed by atoms with E-state index in [1.807, 2.05) is 51.4 Å². The van der Waals surface area contributed by atoms with Crippen LogP contribution in [0.25, 0.3) is 0 Å². The van der Waals surface area contributed by atoms with Crippen molar-refractivity contribution in [2.75, 3.05) is 12.4 Å². The van der Waals surface area contributed by atoms with E-state index >= 15 is 0 Å². The molecule has 0 unspecified atom stereocenters. The summed E-state index contributed by atoms with van der Waals surface area (Å²) in [6, 6.07) is 5.89. The summed E-state index contributed by atoms with van der Waals surface area (Å²) in [6.45, 7) is 6.11. The number of rotatable bonds is 6. The summed E-state index contributed by atoms with van der Waals surface area (Å²) in [5, 5.41) is 13.0. The molecule has 3 rings (SSSR count). The van der Waals surface area contributed by atoms with Crippen molar-refractivity contribution in [3.8, 4) is 17.6 Å². The van der Waals surface area contributed by atoms with Crippen LogP contribution in [-0.2, 0) is 0 Å². The summed E-state index contributed by atoms with van der Waals surface area (Å²) in [4.78, 5) is 17.9. The molecule has 0 amide bonds. The fraction of sp³-hybridized carbons (Fsp3) is 0.478. The number of nitrogens with one attached hydrogen (secondary N) is 1. The summed E-state index contributed by atoms with van der Waals surface area (Å²) >= 11 is 1.23. The van der Waals surface area contributed by atoms with Crippen LogP contribution in [0.4, 0.5) is 5.69 Å². The third kappa shape index (κ3) is 6.14. The van der Waals surface area contributed by atoms with E-state index in [4.69, 9.17) is 9.57 Å². The largest absolute Gasteiger partial charge is 0.484 e. The number of carboxylic acids is 1. The standard InChI is InChI=1S/C23H28N2O4S/c1-23(2,3)12-11-19-14-20(21(30-19)22(26)27)24-16-7-9-17(10-8-16)29-18-6-5-13-25(15-18)28-4/h5-6,13-17,24H,7-10H2,1-4H3/p+1/t16-,17-. The van der Waals surface area contributed by atoms with Gasteiger partial charge in [-0.2, -0.15) is 0 Å². The smallest absolute Gasteiger partial charge is 0.348 e. The number of aromatic nitrogens is 1. The summed E-state index contributed by atoms with van der Waals surface area (Å²) < 4.78 is 7.69. The van der Waals surface area contributed by atoms with Crippen LogP contribution in [0.3, 0.4) is 0 Å². The second-order valence-electron chi connectivity index (χ2n) is 8.48. The van der Waals surface area contributed by atoms with Gasteiger partial charge in [-0.1, -0.05) is 11.8 Å². The first-order valence-electron chi connectivity index (χ1n) is 10.1. The van der Waals surface area contributed by atoms with E-state index in [1.54, 1.807) is 11.8 Å². The number of ether oxygens (including phenoxy) is 1. The van der Waals surface area contributed by atoms with Gasteiger partial charge in [-0.25, -0.2) is 4.79 Å². The van der Waals surface area contributed by atoms with Gasteiger partial charge in [0, 0.05) is 22.3 Å². The van der Waals surface area contributed by atoms with Gasteiger partial charge in [0.2, 0.25) is 6.20 Å². The van der Waals surface area contributed by atoms with Crippen molar-refractivity contribution >= 4 is 23.0 Å². The molecule has 2 aromatic rings. The molecule has 1 aliphatic rings. The molecule has 0 aliphatic heterocycles. The van der Waals surface area contributed by atoms with Crippen molar-refractivity contribution in [1.82, 2.24) is 0 Å². The van der Waals surface area contributed by atoms with E-state index in [0.717, 1.165) is 36.3 Å². The highest BCUT2D eigenvalue weighted by molar-refractivity contribution is 7.15. The normalized spacial score (nSPS) is 18.8. The number of pyridine rings is 1. The number of carboxylic acid groups (broad SMARTS) is 1. The Hall–Kier alpha value is -2.72. The number of aromatic carboxylic acids is 1. The molecule has 0 aromatic carbocycles. The monoisotopic (exact) mass is 429 g/mol. The second-order valence-corrected chi connectivity index (χ2v) is 9.53. The highest BCUT2D eigenvalue weighted by atomic mass is 32.1. The minimum atomic E-state index is -0.918. The van der Waals surface area contributed by atoms with Crippen molar-refractivity contribution in [2.24, 2.45) is 5.41 Å². The predicted octanol–water partition coefficient (Wildman–Crippen LogP) is 3.99. The maximum atomic E-state index is 11.7. The molecule has 0 atom stereocenters. The van der Waals surface area contributed by atoms with Crippen LogP contribution in [0.5, 0.6) is 5.75 Å². The molecule has 0 saturated heterocycles. The third-order valence-corrected chi connectivity index (χ3v) is 5.82. The van der Waals surface area contributed by atoms with E-state index < -0.39 is 5.97 Å². The molecule has 2 heterocycles. The van der Waals surface area contributed by atoms with Crippen molar-refractivity contribution in [2.45, 2.75) is 58.6 Å². The number of nitrogens with zero attached hydrogens (tertiary/aromatic N) is 1. The molecule has 6 nitrogen and oxygen atoms in total. The van der Waals surface area contributed by atoms with Gasteiger partial charge in [0.25, 0.3) is 6.20 Å². The lowest BCUT2D eigenvalue weighted by molar-refractivity contribution is -0.885. The van der Waals surface area contributed by atoms with Gasteiger partial charge in [0.05, 0.1) is 16.7 Å². The Morgan fingerprint density at radius 2 is 2.03 bits per heavy atom. The van der Waals surface area contributed by atoms with Crippen molar-refractivity contribution in [1.29, 1.82) is 0 Å². The number of carbonyl (C=O) groups is 1. The fourth-order valence-electron chi connectivity index (χ4n) is 3.32. The first-order chi connectivity index (χ1) is 14.2. The second kappa shape index (κ2) is 9.40. The molecule has 0 spiro atoms. The molecule has 2 aromatic heterocycles. The number of hydrogen-bond donors (Lipinski definition) is 2. The van der Waals surface area contributed by atoms with Crippen LogP contribution >= 0.6 is 11.3 Å². The molecule has 160 valence electrons. The molecule has 1 fully saturated rings. The SMILES string of the molecule is CO[n+]1cccc(O[C@H]2CC[C@H](Nc3cc(C#CC(C)(C)C)sc3C(=O)O)CC2)c1. The van der Waals surface area contributed by atoms with Crippen molar-refractivity contribution < 1.29 is 24.2 Å². The van der Waals surface area contributed by atoms with Crippen molar-refractivity contribution in [3.63, 3.8) is 0 Å². The summed E-state index contributed by atoms with van der Waals surface area (Å²) in [5.74, 6) is 6.15. The lowest BCUT2D eigenvalue weighted by Crippen LogP contribution is -2.39. The first kappa shape index (κ1) is 22.0. The van der Waals surface area contributed by atoms with Crippen molar-refractivity contribution in [3.05, 3.63) is 40.3 Å². The summed E-state index contributed by atoms with van der Waals surface area (Å²) in [5.41, 5.74) is 0.542. The summed E-state index contributed by atoms with van der Waals surface area (Å²) in [6.07, 6.45) is 7.42. The Morgan fingerprint density at radius 3 is 2.67 bits per heavy atom. The predicted molar refractivity (Wildman–Crippen MR) is 117 cm³/mol. The molecule has 1 saturated carbocycles. The Labute approximate surface area is 181 Å². The Balaban J connectivity index is 1.60. The van der Waals surface area contributed by atoms with Crippen LogP contribution < -0.4 is 19.6 Å². The minimum Gasteiger partial charge on any atom is -0.484 e. The minimum absolute atomic E-state index is 0.124. The third-order valence-electron chi connectivity index (χ3n) is 4.78. The fourth-order valence-corrected chi connectivity index (χ4v) is 4.14. The zero-order valence-electron chi connectivity index (χ0n) is 17.9. The van der Waals surface area contributed by atoms with Gasteiger partial charge in [-0.15, -0.1) is 11.3 Å². The molecular formula is C23H29N2O4S+. The zero-order chi connectivity index (χ0) is 21.7. The van der Waals surface area contributed by atoms with E-state index in [0.29, 0.717) is 10.6 Å². The van der Waals surface area contributed by atoms with Crippen LogP contribution in [0.15, 0.2) is 30.6 Å². The van der Waals surface area contributed by atoms with Gasteiger partial charge in [0.15, 0.2) is 5.75 Å². The molecule has 2 N–H and O–H groups in total. The molecular weight excluding hydrogens is 400 g/mol.